The molecule has 1 fully saturated rings. The van der Waals surface area contributed by atoms with Gasteiger partial charge in [-0.1, -0.05) is 32.4 Å². The lowest BCUT2D eigenvalue weighted by Crippen LogP contribution is -2.41. The third-order valence-electron chi connectivity index (χ3n) is 4.85. The zero-order valence-electron chi connectivity index (χ0n) is 16.8. The van der Waals surface area contributed by atoms with Crippen molar-refractivity contribution in [3.8, 4) is 0 Å². The maximum Gasteiger partial charge on any atom is 0.417 e. The molecule has 1 aliphatic rings. The minimum absolute atomic E-state index is 0.0563. The lowest BCUT2D eigenvalue weighted by molar-refractivity contribution is -0.155. The van der Waals surface area contributed by atoms with Crippen molar-refractivity contribution >= 4 is 33.4 Å². The summed E-state index contributed by atoms with van der Waals surface area (Å²) in [7, 11) is -4.19. The molecule has 0 radical (unpaired) electrons. The van der Waals surface area contributed by atoms with Crippen molar-refractivity contribution in [2.75, 3.05) is 19.7 Å². The average Bonchev–Trinajstić information content (AvgIpc) is 2.64. The van der Waals surface area contributed by atoms with E-state index in [0.29, 0.717) is 6.07 Å². The summed E-state index contributed by atoms with van der Waals surface area (Å²) in [5, 5.41) is -0.590. The van der Waals surface area contributed by atoms with E-state index in [9.17, 15) is 31.2 Å². The van der Waals surface area contributed by atoms with Crippen LogP contribution in [0.1, 0.15) is 39.2 Å². The molecule has 0 spiro atoms. The molecule has 1 heterocycles. The Labute approximate surface area is 178 Å². The summed E-state index contributed by atoms with van der Waals surface area (Å²) in [6.45, 7) is 4.64. The number of alkyl halides is 3. The Kier molecular flexibility index (Phi) is 7.25. The summed E-state index contributed by atoms with van der Waals surface area (Å²) in [6.07, 6.45) is -4.51. The highest BCUT2D eigenvalue weighted by Gasteiger charge is 2.37. The van der Waals surface area contributed by atoms with E-state index in [0.717, 1.165) is 16.4 Å². The number of nitrogens with zero attached hydrogens (tertiary/aromatic N) is 1. The Morgan fingerprint density at radius 2 is 1.73 bits per heavy atom. The van der Waals surface area contributed by atoms with Gasteiger partial charge in [0.2, 0.25) is 10.0 Å². The van der Waals surface area contributed by atoms with Gasteiger partial charge in [0.05, 0.1) is 21.4 Å². The summed E-state index contributed by atoms with van der Waals surface area (Å²) in [5.74, 6) is -1.41. The average molecular weight is 470 g/mol. The number of ether oxygens (including phenoxy) is 1. The fourth-order valence-electron chi connectivity index (χ4n) is 2.83. The molecular formula is C19H23ClF3NO5S. The third kappa shape index (κ3) is 5.73. The van der Waals surface area contributed by atoms with Crippen LogP contribution in [0.2, 0.25) is 5.02 Å². The first-order chi connectivity index (χ1) is 13.6. The maximum absolute atomic E-state index is 13.0. The van der Waals surface area contributed by atoms with Gasteiger partial charge in [-0.05, 0) is 31.0 Å². The van der Waals surface area contributed by atoms with Crippen LogP contribution in [0.5, 0.6) is 0 Å². The molecule has 30 heavy (non-hydrogen) atoms. The maximum atomic E-state index is 13.0. The minimum atomic E-state index is -4.79. The van der Waals surface area contributed by atoms with E-state index in [2.05, 4.69) is 0 Å². The van der Waals surface area contributed by atoms with E-state index >= 15 is 0 Å². The van der Waals surface area contributed by atoms with Gasteiger partial charge in [-0.3, -0.25) is 9.59 Å². The molecule has 0 aliphatic carbocycles. The van der Waals surface area contributed by atoms with Crippen molar-refractivity contribution in [2.24, 2.45) is 11.3 Å². The summed E-state index contributed by atoms with van der Waals surface area (Å²) < 4.78 is 70.6. The molecule has 168 valence electrons. The Morgan fingerprint density at radius 3 is 2.23 bits per heavy atom. The number of piperidine rings is 1. The van der Waals surface area contributed by atoms with Crippen LogP contribution >= 0.6 is 11.6 Å². The zero-order chi connectivity index (χ0) is 22.9. The van der Waals surface area contributed by atoms with Crippen molar-refractivity contribution in [1.82, 2.24) is 4.31 Å². The van der Waals surface area contributed by atoms with Crippen LogP contribution in [0.3, 0.4) is 0 Å². The lowest BCUT2D eigenvalue weighted by atomic mass is 9.91. The summed E-state index contributed by atoms with van der Waals surface area (Å²) in [5.41, 5.74) is -1.88. The monoisotopic (exact) mass is 469 g/mol. The van der Waals surface area contributed by atoms with Crippen molar-refractivity contribution in [3.63, 3.8) is 0 Å². The van der Waals surface area contributed by atoms with Crippen molar-refractivity contribution < 1.29 is 35.9 Å². The Morgan fingerprint density at radius 1 is 1.17 bits per heavy atom. The Hall–Kier alpha value is -1.65. The van der Waals surface area contributed by atoms with Crippen LogP contribution in [0, 0.1) is 11.3 Å². The number of benzene rings is 1. The summed E-state index contributed by atoms with van der Waals surface area (Å²) in [6, 6.07) is 2.43. The van der Waals surface area contributed by atoms with Gasteiger partial charge in [0.15, 0.2) is 12.4 Å². The van der Waals surface area contributed by atoms with E-state index in [-0.39, 0.29) is 38.3 Å². The summed E-state index contributed by atoms with van der Waals surface area (Å²) >= 11 is 5.55. The van der Waals surface area contributed by atoms with Gasteiger partial charge in [-0.15, -0.1) is 0 Å². The number of halogens is 4. The zero-order valence-corrected chi connectivity index (χ0v) is 18.3. The SMILES string of the molecule is CC(C)(C)C(=O)COC(=O)C1CCN(S(=O)(=O)c2ccc(Cl)c(C(F)(F)F)c2)CC1. The van der Waals surface area contributed by atoms with E-state index in [4.69, 9.17) is 16.3 Å². The van der Waals surface area contributed by atoms with E-state index < -0.39 is 49.0 Å². The van der Waals surface area contributed by atoms with Crippen molar-refractivity contribution in [2.45, 2.75) is 44.7 Å². The minimum Gasteiger partial charge on any atom is -0.457 e. The molecule has 0 bridgehead atoms. The molecule has 6 nitrogen and oxygen atoms in total. The molecule has 1 saturated heterocycles. The van der Waals surface area contributed by atoms with Crippen molar-refractivity contribution in [3.05, 3.63) is 28.8 Å². The third-order valence-corrected chi connectivity index (χ3v) is 7.07. The predicted octanol–water partition coefficient (Wildman–Crippen LogP) is 3.92. The number of hydrogen-bond acceptors (Lipinski definition) is 5. The molecule has 0 atom stereocenters. The van der Waals surface area contributed by atoms with Crippen molar-refractivity contribution in [1.29, 1.82) is 0 Å². The molecule has 0 unspecified atom stereocenters. The number of sulfonamides is 1. The quantitative estimate of drug-likeness (QED) is 0.610. The first-order valence-corrected chi connectivity index (χ1v) is 11.0. The second-order valence-corrected chi connectivity index (χ2v) is 10.4. The van der Waals surface area contributed by atoms with Gasteiger partial charge in [0, 0.05) is 18.5 Å². The number of ketones is 1. The van der Waals surface area contributed by atoms with Crippen LogP contribution in [0.25, 0.3) is 0 Å². The molecule has 0 amide bonds. The van der Waals surface area contributed by atoms with E-state index in [1.165, 1.54) is 0 Å². The molecule has 1 aromatic carbocycles. The smallest absolute Gasteiger partial charge is 0.417 e. The van der Waals surface area contributed by atoms with Gasteiger partial charge in [-0.2, -0.15) is 17.5 Å². The fraction of sp³-hybridized carbons (Fsp3) is 0.579. The first kappa shape index (κ1) is 24.6. The van der Waals surface area contributed by atoms with Crippen LogP contribution in [-0.2, 0) is 30.5 Å². The number of hydrogen-bond donors (Lipinski definition) is 0. The lowest BCUT2D eigenvalue weighted by Gasteiger charge is -2.30. The summed E-state index contributed by atoms with van der Waals surface area (Å²) in [4.78, 5) is 23.5. The fourth-order valence-corrected chi connectivity index (χ4v) is 4.56. The van der Waals surface area contributed by atoms with Gasteiger partial charge in [-0.25, -0.2) is 8.42 Å². The molecule has 0 N–H and O–H groups in total. The second kappa shape index (κ2) is 8.84. The molecule has 0 aromatic heterocycles. The Bertz CT molecular complexity index is 917. The predicted molar refractivity (Wildman–Crippen MR) is 103 cm³/mol. The van der Waals surface area contributed by atoms with Crippen LogP contribution in [-0.4, -0.2) is 44.2 Å². The number of carbonyl (C=O) groups excluding carboxylic acids is 2. The van der Waals surface area contributed by atoms with Crippen LogP contribution < -0.4 is 0 Å². The van der Waals surface area contributed by atoms with E-state index in [1.807, 2.05) is 0 Å². The normalized spacial score (nSPS) is 17.0. The molecule has 2 rings (SSSR count). The number of carbonyl (C=O) groups is 2. The van der Waals surface area contributed by atoms with Crippen LogP contribution in [0.15, 0.2) is 23.1 Å². The molecule has 0 saturated carbocycles. The number of Topliss-reactive ketones (excluding diaryl/α,β-unsaturated/α-hetero) is 1. The number of rotatable bonds is 5. The van der Waals surface area contributed by atoms with Gasteiger partial charge in [0.1, 0.15) is 0 Å². The molecule has 11 heteroatoms. The highest BCUT2D eigenvalue weighted by atomic mass is 35.5. The van der Waals surface area contributed by atoms with Gasteiger partial charge in [0.25, 0.3) is 0 Å². The first-order valence-electron chi connectivity index (χ1n) is 9.21. The highest BCUT2D eigenvalue weighted by molar-refractivity contribution is 7.89. The topological polar surface area (TPSA) is 80.8 Å². The van der Waals surface area contributed by atoms with Gasteiger partial charge >= 0.3 is 12.1 Å². The standard InChI is InChI=1S/C19H23ClF3NO5S/c1-18(2,3)16(25)11-29-17(26)12-6-8-24(9-7-12)30(27,28)13-4-5-15(20)14(10-13)19(21,22)23/h4-5,10,12H,6-9,11H2,1-3H3. The molecule has 1 aromatic rings. The van der Waals surface area contributed by atoms with E-state index in [1.54, 1.807) is 20.8 Å². The van der Waals surface area contributed by atoms with Crippen LogP contribution in [0.4, 0.5) is 13.2 Å². The molecular weight excluding hydrogens is 447 g/mol. The largest absolute Gasteiger partial charge is 0.457 e. The van der Waals surface area contributed by atoms with Gasteiger partial charge < -0.3 is 4.74 Å². The molecule has 1 aliphatic heterocycles. The highest BCUT2D eigenvalue weighted by Crippen LogP contribution is 2.36. The number of esters is 1. The Balaban J connectivity index is 2.04. The second-order valence-electron chi connectivity index (χ2n) is 8.10.